The van der Waals surface area contributed by atoms with Gasteiger partial charge in [0.1, 0.15) is 5.82 Å². The summed E-state index contributed by atoms with van der Waals surface area (Å²) in [4.78, 5) is 0. The SMILES string of the molecule is Cc1ccc(-c2ccc(-c3ccc(C#N)cc3)c(C)c2)c(F)c1. The number of hydrogen-bond donors (Lipinski definition) is 0. The van der Waals surface area contributed by atoms with Crippen LogP contribution in [0.5, 0.6) is 0 Å². The Labute approximate surface area is 135 Å². The molecule has 0 radical (unpaired) electrons. The summed E-state index contributed by atoms with van der Waals surface area (Å²) in [7, 11) is 0. The summed E-state index contributed by atoms with van der Waals surface area (Å²) in [5, 5.41) is 8.88. The number of benzene rings is 3. The van der Waals surface area contributed by atoms with Crippen molar-refractivity contribution in [1.82, 2.24) is 0 Å². The number of aryl methyl sites for hydroxylation is 2. The minimum Gasteiger partial charge on any atom is -0.206 e. The Morgan fingerprint density at radius 3 is 2.04 bits per heavy atom. The average molecular weight is 301 g/mol. The van der Waals surface area contributed by atoms with Crippen molar-refractivity contribution in [3.05, 3.63) is 83.2 Å². The first-order valence-electron chi connectivity index (χ1n) is 7.46. The van der Waals surface area contributed by atoms with E-state index in [0.717, 1.165) is 27.8 Å². The van der Waals surface area contributed by atoms with Crippen molar-refractivity contribution in [1.29, 1.82) is 5.26 Å². The molecule has 112 valence electrons. The maximum Gasteiger partial charge on any atom is 0.131 e. The van der Waals surface area contributed by atoms with Crippen molar-refractivity contribution < 1.29 is 4.39 Å². The van der Waals surface area contributed by atoms with Crippen LogP contribution in [-0.2, 0) is 0 Å². The van der Waals surface area contributed by atoms with Gasteiger partial charge in [0, 0.05) is 5.56 Å². The summed E-state index contributed by atoms with van der Waals surface area (Å²) in [5.74, 6) is -0.199. The van der Waals surface area contributed by atoms with Crippen LogP contribution in [0.1, 0.15) is 16.7 Å². The fourth-order valence-electron chi connectivity index (χ4n) is 2.73. The zero-order chi connectivity index (χ0) is 16.4. The first-order valence-corrected chi connectivity index (χ1v) is 7.46. The van der Waals surface area contributed by atoms with Gasteiger partial charge >= 0.3 is 0 Å². The van der Waals surface area contributed by atoms with Crippen LogP contribution in [0.4, 0.5) is 4.39 Å². The predicted molar refractivity (Wildman–Crippen MR) is 91.5 cm³/mol. The first kappa shape index (κ1) is 15.0. The highest BCUT2D eigenvalue weighted by molar-refractivity contribution is 5.74. The van der Waals surface area contributed by atoms with Crippen molar-refractivity contribution >= 4 is 0 Å². The molecule has 0 aromatic heterocycles. The molecule has 0 saturated carbocycles. The quantitative estimate of drug-likeness (QED) is 0.600. The lowest BCUT2D eigenvalue weighted by Gasteiger charge is -2.10. The highest BCUT2D eigenvalue weighted by Gasteiger charge is 2.08. The van der Waals surface area contributed by atoms with E-state index in [-0.39, 0.29) is 5.82 Å². The molecule has 0 aliphatic carbocycles. The summed E-state index contributed by atoms with van der Waals surface area (Å²) < 4.78 is 14.1. The average Bonchev–Trinajstić information content (AvgIpc) is 2.55. The van der Waals surface area contributed by atoms with Crippen LogP contribution >= 0.6 is 0 Å². The van der Waals surface area contributed by atoms with Gasteiger partial charge in [-0.25, -0.2) is 4.39 Å². The number of nitrogens with zero attached hydrogens (tertiary/aromatic N) is 1. The Morgan fingerprint density at radius 1 is 0.783 bits per heavy atom. The van der Waals surface area contributed by atoms with Gasteiger partial charge in [0.05, 0.1) is 11.6 Å². The van der Waals surface area contributed by atoms with E-state index in [1.807, 2.05) is 68.4 Å². The molecule has 0 heterocycles. The molecular weight excluding hydrogens is 285 g/mol. The van der Waals surface area contributed by atoms with E-state index in [0.29, 0.717) is 11.1 Å². The van der Waals surface area contributed by atoms with E-state index < -0.39 is 0 Å². The second-order valence-electron chi connectivity index (χ2n) is 5.70. The maximum absolute atomic E-state index is 14.1. The third-order valence-corrected chi connectivity index (χ3v) is 3.99. The predicted octanol–water partition coefficient (Wildman–Crippen LogP) is 5.65. The van der Waals surface area contributed by atoms with Gasteiger partial charge in [-0.2, -0.15) is 5.26 Å². The minimum absolute atomic E-state index is 0.199. The number of rotatable bonds is 2. The molecule has 3 rings (SSSR count). The topological polar surface area (TPSA) is 23.8 Å². The lowest BCUT2D eigenvalue weighted by molar-refractivity contribution is 0.630. The summed E-state index contributed by atoms with van der Waals surface area (Å²) >= 11 is 0. The third-order valence-electron chi connectivity index (χ3n) is 3.99. The molecule has 2 heteroatoms. The highest BCUT2D eigenvalue weighted by atomic mass is 19.1. The Morgan fingerprint density at radius 2 is 1.43 bits per heavy atom. The van der Waals surface area contributed by atoms with Crippen molar-refractivity contribution in [2.24, 2.45) is 0 Å². The van der Waals surface area contributed by atoms with Crippen molar-refractivity contribution in [2.45, 2.75) is 13.8 Å². The zero-order valence-corrected chi connectivity index (χ0v) is 13.1. The van der Waals surface area contributed by atoms with Crippen LogP contribution in [-0.4, -0.2) is 0 Å². The van der Waals surface area contributed by atoms with Crippen LogP contribution in [0.3, 0.4) is 0 Å². The highest BCUT2D eigenvalue weighted by Crippen LogP contribution is 2.30. The lowest BCUT2D eigenvalue weighted by atomic mass is 9.95. The largest absolute Gasteiger partial charge is 0.206 e. The van der Waals surface area contributed by atoms with Crippen molar-refractivity contribution in [3.63, 3.8) is 0 Å². The van der Waals surface area contributed by atoms with Crippen LogP contribution in [0.15, 0.2) is 60.7 Å². The standard InChI is InChI=1S/C21H16FN/c1-14-3-9-20(21(22)11-14)18-8-10-19(15(2)12-18)17-6-4-16(13-23)5-7-17/h3-12H,1-2H3. The van der Waals surface area contributed by atoms with E-state index >= 15 is 0 Å². The van der Waals surface area contributed by atoms with Crippen molar-refractivity contribution in [2.75, 3.05) is 0 Å². The molecule has 0 fully saturated rings. The number of nitriles is 1. The summed E-state index contributed by atoms with van der Waals surface area (Å²) in [6.07, 6.45) is 0. The Kier molecular flexibility index (Phi) is 3.95. The molecule has 0 N–H and O–H groups in total. The minimum atomic E-state index is -0.199. The van der Waals surface area contributed by atoms with E-state index in [1.54, 1.807) is 6.07 Å². The van der Waals surface area contributed by atoms with Gasteiger partial charge in [-0.15, -0.1) is 0 Å². The molecule has 0 spiro atoms. The normalized spacial score (nSPS) is 10.3. The van der Waals surface area contributed by atoms with E-state index in [4.69, 9.17) is 5.26 Å². The van der Waals surface area contributed by atoms with Gasteiger partial charge in [-0.1, -0.05) is 42.5 Å². The van der Waals surface area contributed by atoms with E-state index in [9.17, 15) is 4.39 Å². The smallest absolute Gasteiger partial charge is 0.131 e. The fraction of sp³-hybridized carbons (Fsp3) is 0.0952. The summed E-state index contributed by atoms with van der Waals surface area (Å²) in [5.41, 5.74) is 6.26. The lowest BCUT2D eigenvalue weighted by Crippen LogP contribution is -1.89. The molecule has 0 saturated heterocycles. The molecule has 0 aliphatic rings. The van der Waals surface area contributed by atoms with Gasteiger partial charge in [-0.3, -0.25) is 0 Å². The molecule has 3 aromatic rings. The Balaban J connectivity index is 2.02. The van der Waals surface area contributed by atoms with Crippen molar-refractivity contribution in [3.8, 4) is 28.3 Å². The Hall–Kier alpha value is -2.92. The second-order valence-corrected chi connectivity index (χ2v) is 5.70. The zero-order valence-electron chi connectivity index (χ0n) is 13.1. The summed E-state index contributed by atoms with van der Waals surface area (Å²) in [6.45, 7) is 3.90. The first-order chi connectivity index (χ1) is 11.1. The van der Waals surface area contributed by atoms with Gasteiger partial charge in [0.15, 0.2) is 0 Å². The number of halogens is 1. The van der Waals surface area contributed by atoms with E-state index in [1.165, 1.54) is 0 Å². The molecule has 1 nitrogen and oxygen atoms in total. The number of hydrogen-bond acceptors (Lipinski definition) is 1. The molecule has 0 aliphatic heterocycles. The fourth-order valence-corrected chi connectivity index (χ4v) is 2.73. The Bertz CT molecular complexity index is 902. The molecule has 23 heavy (non-hydrogen) atoms. The molecule has 3 aromatic carbocycles. The summed E-state index contributed by atoms with van der Waals surface area (Å²) in [6, 6.07) is 20.9. The van der Waals surface area contributed by atoms with Gasteiger partial charge in [-0.05, 0) is 59.9 Å². The molecular formula is C21H16FN. The third kappa shape index (κ3) is 3.00. The van der Waals surface area contributed by atoms with Gasteiger partial charge < -0.3 is 0 Å². The van der Waals surface area contributed by atoms with Crippen LogP contribution in [0, 0.1) is 31.0 Å². The van der Waals surface area contributed by atoms with E-state index in [2.05, 4.69) is 6.07 Å². The van der Waals surface area contributed by atoms with Crippen LogP contribution in [0.2, 0.25) is 0 Å². The molecule has 0 unspecified atom stereocenters. The second kappa shape index (κ2) is 6.06. The van der Waals surface area contributed by atoms with Gasteiger partial charge in [0.2, 0.25) is 0 Å². The molecule has 0 amide bonds. The monoisotopic (exact) mass is 301 g/mol. The molecule has 0 bridgehead atoms. The van der Waals surface area contributed by atoms with Crippen LogP contribution < -0.4 is 0 Å². The maximum atomic E-state index is 14.1. The molecule has 0 atom stereocenters. The van der Waals surface area contributed by atoms with Crippen LogP contribution in [0.25, 0.3) is 22.3 Å². The van der Waals surface area contributed by atoms with Gasteiger partial charge in [0.25, 0.3) is 0 Å².